The second-order valence-electron chi connectivity index (χ2n) is 6.13. The van der Waals surface area contributed by atoms with Crippen LogP contribution in [0, 0.1) is 0 Å². The first-order chi connectivity index (χ1) is 11.2. The van der Waals surface area contributed by atoms with Crippen LogP contribution in [0.5, 0.6) is 0 Å². The van der Waals surface area contributed by atoms with Crippen LogP contribution in [-0.2, 0) is 9.53 Å². The molecule has 7 heteroatoms. The number of carbonyl (C=O) groups is 1. The topological polar surface area (TPSA) is 78.5 Å². The standard InChI is InChI=1S/C16H25N5O2/c1-12(21-6-8-23-9-7-21)11-18-16(22)15-10-14(19-20-15)13-4-2-3-5-17-13/h2-5,12,14-15,19-20H,6-11H2,1H3,(H,18,22). The van der Waals surface area contributed by atoms with E-state index in [9.17, 15) is 4.79 Å². The lowest BCUT2D eigenvalue weighted by Crippen LogP contribution is -2.50. The number of nitrogens with zero attached hydrogens (tertiary/aromatic N) is 2. The van der Waals surface area contributed by atoms with Crippen molar-refractivity contribution in [2.45, 2.75) is 31.5 Å². The third-order valence-corrected chi connectivity index (χ3v) is 4.51. The molecule has 3 N–H and O–H groups in total. The number of hydrogen-bond acceptors (Lipinski definition) is 6. The first-order valence-corrected chi connectivity index (χ1v) is 8.25. The van der Waals surface area contributed by atoms with Crippen LogP contribution in [0.1, 0.15) is 25.1 Å². The molecule has 2 saturated heterocycles. The van der Waals surface area contributed by atoms with Crippen molar-refractivity contribution in [2.24, 2.45) is 0 Å². The molecular weight excluding hydrogens is 294 g/mol. The molecule has 0 aliphatic carbocycles. The van der Waals surface area contributed by atoms with Crippen molar-refractivity contribution >= 4 is 5.91 Å². The van der Waals surface area contributed by atoms with Gasteiger partial charge in [-0.15, -0.1) is 0 Å². The molecule has 0 bridgehead atoms. The van der Waals surface area contributed by atoms with Gasteiger partial charge in [-0.25, -0.2) is 10.9 Å². The van der Waals surface area contributed by atoms with Crippen LogP contribution in [0.25, 0.3) is 0 Å². The zero-order valence-electron chi connectivity index (χ0n) is 13.5. The van der Waals surface area contributed by atoms with E-state index in [2.05, 4.69) is 33.0 Å². The Morgan fingerprint density at radius 3 is 3.00 bits per heavy atom. The molecule has 126 valence electrons. The van der Waals surface area contributed by atoms with Crippen molar-refractivity contribution in [2.75, 3.05) is 32.8 Å². The Morgan fingerprint density at radius 1 is 1.43 bits per heavy atom. The molecular formula is C16H25N5O2. The van der Waals surface area contributed by atoms with E-state index in [4.69, 9.17) is 4.74 Å². The largest absolute Gasteiger partial charge is 0.379 e. The van der Waals surface area contributed by atoms with E-state index in [1.807, 2.05) is 18.2 Å². The minimum Gasteiger partial charge on any atom is -0.379 e. The maximum atomic E-state index is 12.3. The van der Waals surface area contributed by atoms with E-state index in [1.54, 1.807) is 6.20 Å². The van der Waals surface area contributed by atoms with Crippen molar-refractivity contribution in [1.29, 1.82) is 0 Å². The fourth-order valence-corrected chi connectivity index (χ4v) is 3.02. The average Bonchev–Trinajstić information content (AvgIpc) is 3.11. The molecule has 3 unspecified atom stereocenters. The van der Waals surface area contributed by atoms with E-state index in [1.165, 1.54) is 0 Å². The van der Waals surface area contributed by atoms with E-state index in [0.29, 0.717) is 19.0 Å². The van der Waals surface area contributed by atoms with Crippen LogP contribution in [-0.4, -0.2) is 60.7 Å². The van der Waals surface area contributed by atoms with Gasteiger partial charge >= 0.3 is 0 Å². The molecule has 7 nitrogen and oxygen atoms in total. The van der Waals surface area contributed by atoms with E-state index >= 15 is 0 Å². The molecule has 3 heterocycles. The van der Waals surface area contributed by atoms with Gasteiger partial charge in [-0.1, -0.05) is 6.07 Å². The van der Waals surface area contributed by atoms with Crippen molar-refractivity contribution in [1.82, 2.24) is 26.1 Å². The summed E-state index contributed by atoms with van der Waals surface area (Å²) in [6.45, 7) is 6.22. The summed E-state index contributed by atoms with van der Waals surface area (Å²) in [5.74, 6) is 0.0380. The zero-order chi connectivity index (χ0) is 16.1. The number of rotatable bonds is 5. The number of hydrazine groups is 1. The summed E-state index contributed by atoms with van der Waals surface area (Å²) < 4.78 is 5.36. The molecule has 2 fully saturated rings. The SMILES string of the molecule is CC(CNC(=O)C1CC(c2ccccn2)NN1)N1CCOCC1. The predicted octanol–water partition coefficient (Wildman–Crippen LogP) is -0.174. The van der Waals surface area contributed by atoms with Crippen molar-refractivity contribution in [3.05, 3.63) is 30.1 Å². The second-order valence-corrected chi connectivity index (χ2v) is 6.13. The summed E-state index contributed by atoms with van der Waals surface area (Å²) in [6, 6.07) is 6.00. The summed E-state index contributed by atoms with van der Waals surface area (Å²) in [7, 11) is 0. The molecule has 0 saturated carbocycles. The number of morpholine rings is 1. The van der Waals surface area contributed by atoms with Gasteiger partial charge in [-0.05, 0) is 25.5 Å². The number of pyridine rings is 1. The summed E-state index contributed by atoms with van der Waals surface area (Å²) in [4.78, 5) is 19.0. The minimum atomic E-state index is -0.223. The van der Waals surface area contributed by atoms with Crippen LogP contribution in [0.3, 0.4) is 0 Å². The predicted molar refractivity (Wildman–Crippen MR) is 86.5 cm³/mol. The molecule has 2 aliphatic rings. The number of amides is 1. The Labute approximate surface area is 136 Å². The minimum absolute atomic E-state index is 0.0380. The maximum Gasteiger partial charge on any atom is 0.238 e. The van der Waals surface area contributed by atoms with Crippen molar-refractivity contribution < 1.29 is 9.53 Å². The normalized spacial score (nSPS) is 26.8. The number of aromatic nitrogens is 1. The van der Waals surface area contributed by atoms with Gasteiger partial charge in [0.15, 0.2) is 0 Å². The monoisotopic (exact) mass is 319 g/mol. The maximum absolute atomic E-state index is 12.3. The molecule has 0 aromatic carbocycles. The van der Waals surface area contributed by atoms with E-state index in [-0.39, 0.29) is 18.0 Å². The van der Waals surface area contributed by atoms with E-state index in [0.717, 1.165) is 32.0 Å². The lowest BCUT2D eigenvalue weighted by Gasteiger charge is -2.32. The van der Waals surface area contributed by atoms with E-state index < -0.39 is 0 Å². The smallest absolute Gasteiger partial charge is 0.238 e. The van der Waals surface area contributed by atoms with Gasteiger partial charge in [-0.3, -0.25) is 14.7 Å². The Hall–Kier alpha value is -1.54. The number of ether oxygens (including phenoxy) is 1. The van der Waals surface area contributed by atoms with Gasteiger partial charge in [0.25, 0.3) is 0 Å². The summed E-state index contributed by atoms with van der Waals surface area (Å²) >= 11 is 0. The van der Waals surface area contributed by atoms with Crippen LogP contribution >= 0.6 is 0 Å². The Balaban J connectivity index is 1.44. The molecule has 1 aromatic heterocycles. The average molecular weight is 319 g/mol. The molecule has 1 aromatic rings. The summed E-state index contributed by atoms with van der Waals surface area (Å²) in [5, 5.41) is 3.05. The number of carbonyl (C=O) groups excluding carboxylic acids is 1. The Bertz CT molecular complexity index is 506. The van der Waals surface area contributed by atoms with Gasteiger partial charge in [0.05, 0.1) is 24.9 Å². The highest BCUT2D eigenvalue weighted by atomic mass is 16.5. The van der Waals surface area contributed by atoms with Crippen molar-refractivity contribution in [3.63, 3.8) is 0 Å². The van der Waals surface area contributed by atoms with Gasteiger partial charge in [0.2, 0.25) is 5.91 Å². The first-order valence-electron chi connectivity index (χ1n) is 8.25. The molecule has 2 aliphatic heterocycles. The van der Waals surface area contributed by atoms with Crippen LogP contribution in [0.15, 0.2) is 24.4 Å². The van der Waals surface area contributed by atoms with Gasteiger partial charge in [0, 0.05) is 31.9 Å². The molecule has 0 radical (unpaired) electrons. The zero-order valence-corrected chi connectivity index (χ0v) is 13.5. The molecule has 3 atom stereocenters. The fraction of sp³-hybridized carbons (Fsp3) is 0.625. The number of nitrogens with one attached hydrogen (secondary N) is 3. The molecule has 3 rings (SSSR count). The highest BCUT2D eigenvalue weighted by molar-refractivity contribution is 5.82. The Kier molecular flexibility index (Phi) is 5.56. The molecule has 1 amide bonds. The van der Waals surface area contributed by atoms with Crippen LogP contribution in [0.2, 0.25) is 0 Å². The number of hydrogen-bond donors (Lipinski definition) is 3. The highest BCUT2D eigenvalue weighted by Crippen LogP contribution is 2.19. The van der Waals surface area contributed by atoms with Crippen LogP contribution in [0.4, 0.5) is 0 Å². The van der Waals surface area contributed by atoms with Gasteiger partial charge in [0.1, 0.15) is 6.04 Å². The Morgan fingerprint density at radius 2 is 2.26 bits per heavy atom. The third kappa shape index (κ3) is 4.26. The van der Waals surface area contributed by atoms with Crippen molar-refractivity contribution in [3.8, 4) is 0 Å². The summed E-state index contributed by atoms with van der Waals surface area (Å²) in [6.07, 6.45) is 2.48. The molecule has 23 heavy (non-hydrogen) atoms. The molecule has 0 spiro atoms. The summed E-state index contributed by atoms with van der Waals surface area (Å²) in [5.41, 5.74) is 7.18. The second kappa shape index (κ2) is 7.83. The quantitative estimate of drug-likeness (QED) is 0.699. The van der Waals surface area contributed by atoms with Gasteiger partial charge < -0.3 is 10.1 Å². The fourth-order valence-electron chi connectivity index (χ4n) is 3.02. The van der Waals surface area contributed by atoms with Crippen LogP contribution < -0.4 is 16.2 Å². The third-order valence-electron chi connectivity index (χ3n) is 4.51. The van der Waals surface area contributed by atoms with Gasteiger partial charge in [-0.2, -0.15) is 0 Å². The first kappa shape index (κ1) is 16.3. The lowest BCUT2D eigenvalue weighted by atomic mass is 10.1. The lowest BCUT2D eigenvalue weighted by molar-refractivity contribution is -0.123. The highest BCUT2D eigenvalue weighted by Gasteiger charge is 2.31.